The number of phenols is 2. The van der Waals surface area contributed by atoms with Crippen LogP contribution < -0.4 is 5.43 Å². The van der Waals surface area contributed by atoms with Crippen molar-refractivity contribution in [3.8, 4) is 11.5 Å². The van der Waals surface area contributed by atoms with Crippen LogP contribution in [0.25, 0.3) is 0 Å². The molecular weight excluding hydrogens is 256 g/mol. The monoisotopic (exact) mass is 270 g/mol. The van der Waals surface area contributed by atoms with Gasteiger partial charge in [0.1, 0.15) is 0 Å². The third-order valence-corrected chi connectivity index (χ3v) is 2.61. The summed E-state index contributed by atoms with van der Waals surface area (Å²) in [5, 5.41) is 22.3. The molecule has 5 heteroatoms. The molecule has 1 amide bonds. The van der Waals surface area contributed by atoms with Gasteiger partial charge in [0, 0.05) is 0 Å². The molecule has 0 aromatic heterocycles. The minimum Gasteiger partial charge on any atom is -0.504 e. The van der Waals surface area contributed by atoms with Crippen LogP contribution >= 0.6 is 0 Å². The summed E-state index contributed by atoms with van der Waals surface area (Å²) in [6.07, 6.45) is 1.64. The minimum absolute atomic E-state index is 0.199. The third kappa shape index (κ3) is 3.84. The summed E-state index contributed by atoms with van der Waals surface area (Å²) in [6.45, 7) is 0. The molecule has 5 nitrogen and oxygen atoms in total. The van der Waals surface area contributed by atoms with Crippen LogP contribution in [0.3, 0.4) is 0 Å². The molecule has 0 spiro atoms. The SMILES string of the molecule is O=C(Cc1ccccc1)NN=Cc1ccc(O)c(O)c1. The Hall–Kier alpha value is -2.82. The van der Waals surface area contributed by atoms with Crippen molar-refractivity contribution < 1.29 is 15.0 Å². The average molecular weight is 270 g/mol. The molecule has 2 rings (SSSR count). The smallest absolute Gasteiger partial charge is 0.244 e. The van der Waals surface area contributed by atoms with Gasteiger partial charge in [-0.25, -0.2) is 5.43 Å². The van der Waals surface area contributed by atoms with Gasteiger partial charge < -0.3 is 10.2 Å². The summed E-state index contributed by atoms with van der Waals surface area (Å²) in [7, 11) is 0. The number of benzene rings is 2. The van der Waals surface area contributed by atoms with Crippen LogP contribution in [-0.2, 0) is 11.2 Å². The molecule has 2 aromatic carbocycles. The Balaban J connectivity index is 1.89. The summed E-state index contributed by atoms with van der Waals surface area (Å²) in [5.41, 5.74) is 3.87. The molecule has 102 valence electrons. The summed E-state index contributed by atoms with van der Waals surface area (Å²) in [4.78, 5) is 11.6. The number of rotatable bonds is 4. The first-order valence-electron chi connectivity index (χ1n) is 6.03. The standard InChI is InChI=1S/C15H14N2O3/c18-13-7-6-12(8-14(13)19)10-16-17-15(20)9-11-4-2-1-3-5-11/h1-8,10,18-19H,9H2,(H,17,20). The molecule has 20 heavy (non-hydrogen) atoms. The summed E-state index contributed by atoms with van der Waals surface area (Å²) in [6, 6.07) is 13.6. The lowest BCUT2D eigenvalue weighted by Gasteiger charge is -2.00. The Bertz CT molecular complexity index is 624. The zero-order valence-electron chi connectivity index (χ0n) is 10.7. The van der Waals surface area contributed by atoms with Gasteiger partial charge in [0.15, 0.2) is 11.5 Å². The highest BCUT2D eigenvalue weighted by Gasteiger charge is 2.01. The molecule has 0 saturated heterocycles. The van der Waals surface area contributed by atoms with Crippen LogP contribution in [0.15, 0.2) is 53.6 Å². The first-order chi connectivity index (χ1) is 9.65. The largest absolute Gasteiger partial charge is 0.504 e. The highest BCUT2D eigenvalue weighted by Crippen LogP contribution is 2.23. The van der Waals surface area contributed by atoms with Gasteiger partial charge in [-0.1, -0.05) is 30.3 Å². The van der Waals surface area contributed by atoms with E-state index in [4.69, 9.17) is 5.11 Å². The van der Waals surface area contributed by atoms with E-state index < -0.39 is 0 Å². The van der Waals surface area contributed by atoms with Crippen molar-refractivity contribution in [2.24, 2.45) is 5.10 Å². The topological polar surface area (TPSA) is 81.9 Å². The fraction of sp³-hybridized carbons (Fsp3) is 0.0667. The lowest BCUT2D eigenvalue weighted by Crippen LogP contribution is -2.19. The molecule has 3 N–H and O–H groups in total. The van der Waals surface area contributed by atoms with Crippen molar-refractivity contribution in [1.29, 1.82) is 0 Å². The quantitative estimate of drug-likeness (QED) is 0.450. The Kier molecular flexibility index (Phi) is 4.34. The van der Waals surface area contributed by atoms with E-state index in [0.29, 0.717) is 5.56 Å². The van der Waals surface area contributed by atoms with E-state index in [-0.39, 0.29) is 23.8 Å². The van der Waals surface area contributed by atoms with E-state index in [2.05, 4.69) is 10.5 Å². The molecule has 0 aliphatic heterocycles. The predicted octanol–water partition coefficient (Wildman–Crippen LogP) is 1.79. The molecule has 0 aliphatic rings. The van der Waals surface area contributed by atoms with Crippen LogP contribution in [0, 0.1) is 0 Å². The Morgan fingerprint density at radius 3 is 2.55 bits per heavy atom. The lowest BCUT2D eigenvalue weighted by atomic mass is 10.1. The number of nitrogens with zero attached hydrogens (tertiary/aromatic N) is 1. The van der Waals surface area contributed by atoms with E-state index >= 15 is 0 Å². The minimum atomic E-state index is -0.232. The van der Waals surface area contributed by atoms with Crippen LogP contribution in [-0.4, -0.2) is 22.3 Å². The van der Waals surface area contributed by atoms with Gasteiger partial charge in [-0.15, -0.1) is 0 Å². The van der Waals surface area contributed by atoms with E-state index in [0.717, 1.165) is 5.56 Å². The average Bonchev–Trinajstić information content (AvgIpc) is 2.44. The predicted molar refractivity (Wildman–Crippen MR) is 75.7 cm³/mol. The number of phenolic OH excluding ortho intramolecular Hbond substituents is 2. The fourth-order valence-electron chi connectivity index (χ4n) is 1.62. The number of hydrazone groups is 1. The number of hydrogen-bond acceptors (Lipinski definition) is 4. The van der Waals surface area contributed by atoms with Gasteiger partial charge in [-0.2, -0.15) is 5.10 Å². The Morgan fingerprint density at radius 2 is 1.85 bits per heavy atom. The Labute approximate surface area is 116 Å². The van der Waals surface area contributed by atoms with Gasteiger partial charge in [0.05, 0.1) is 12.6 Å². The molecule has 0 radical (unpaired) electrons. The van der Waals surface area contributed by atoms with Crippen molar-refractivity contribution >= 4 is 12.1 Å². The van der Waals surface area contributed by atoms with E-state index in [1.54, 1.807) is 6.07 Å². The lowest BCUT2D eigenvalue weighted by molar-refractivity contribution is -0.120. The van der Waals surface area contributed by atoms with E-state index in [1.807, 2.05) is 30.3 Å². The second-order valence-electron chi connectivity index (χ2n) is 4.20. The van der Waals surface area contributed by atoms with E-state index in [1.165, 1.54) is 18.3 Å². The second-order valence-corrected chi connectivity index (χ2v) is 4.20. The van der Waals surface area contributed by atoms with Crippen LogP contribution in [0.4, 0.5) is 0 Å². The molecule has 0 aliphatic carbocycles. The number of carbonyl (C=O) groups excluding carboxylic acids is 1. The van der Waals surface area contributed by atoms with Gasteiger partial charge in [-0.3, -0.25) is 4.79 Å². The first-order valence-corrected chi connectivity index (χ1v) is 6.03. The summed E-state index contributed by atoms with van der Waals surface area (Å²) >= 11 is 0. The van der Waals surface area contributed by atoms with Crippen molar-refractivity contribution in [3.05, 3.63) is 59.7 Å². The van der Waals surface area contributed by atoms with Crippen molar-refractivity contribution in [1.82, 2.24) is 5.43 Å². The zero-order chi connectivity index (χ0) is 14.4. The number of amides is 1. The highest BCUT2D eigenvalue weighted by molar-refractivity contribution is 5.83. The Morgan fingerprint density at radius 1 is 1.10 bits per heavy atom. The molecule has 0 heterocycles. The maximum atomic E-state index is 11.6. The van der Waals surface area contributed by atoms with Crippen LogP contribution in [0.1, 0.15) is 11.1 Å². The van der Waals surface area contributed by atoms with Crippen molar-refractivity contribution in [2.75, 3.05) is 0 Å². The molecule has 0 fully saturated rings. The normalized spacial score (nSPS) is 10.6. The molecule has 0 saturated carbocycles. The van der Waals surface area contributed by atoms with Crippen LogP contribution in [0.2, 0.25) is 0 Å². The molecule has 0 unspecified atom stereocenters. The van der Waals surface area contributed by atoms with Crippen molar-refractivity contribution in [3.63, 3.8) is 0 Å². The fourth-order valence-corrected chi connectivity index (χ4v) is 1.62. The van der Waals surface area contributed by atoms with Gasteiger partial charge in [0.25, 0.3) is 0 Å². The summed E-state index contributed by atoms with van der Waals surface area (Å²) < 4.78 is 0. The summed E-state index contributed by atoms with van der Waals surface area (Å²) in [5.74, 6) is -0.657. The molecule has 0 atom stereocenters. The second kappa shape index (κ2) is 6.38. The molecular formula is C15H14N2O3. The number of aromatic hydroxyl groups is 2. The van der Waals surface area contributed by atoms with Crippen molar-refractivity contribution in [2.45, 2.75) is 6.42 Å². The molecule has 2 aromatic rings. The maximum Gasteiger partial charge on any atom is 0.244 e. The highest BCUT2D eigenvalue weighted by atomic mass is 16.3. The van der Waals surface area contributed by atoms with Gasteiger partial charge in [0.2, 0.25) is 5.91 Å². The third-order valence-electron chi connectivity index (χ3n) is 2.61. The van der Waals surface area contributed by atoms with E-state index in [9.17, 15) is 9.90 Å². The number of nitrogens with one attached hydrogen (secondary N) is 1. The molecule has 0 bridgehead atoms. The van der Waals surface area contributed by atoms with Gasteiger partial charge >= 0.3 is 0 Å². The first kappa shape index (κ1) is 13.6. The zero-order valence-corrected chi connectivity index (χ0v) is 10.7. The maximum absolute atomic E-state index is 11.6. The van der Waals surface area contributed by atoms with Gasteiger partial charge in [-0.05, 0) is 29.3 Å². The number of hydrogen-bond donors (Lipinski definition) is 3. The number of carbonyl (C=O) groups is 1. The van der Waals surface area contributed by atoms with Crippen LogP contribution in [0.5, 0.6) is 11.5 Å².